The zero-order chi connectivity index (χ0) is 25.3. The molecule has 0 bridgehead atoms. The summed E-state index contributed by atoms with van der Waals surface area (Å²) in [5.74, 6) is -1.55. The SMILES string of the molecule is O=[N+]([O-])c1cc(Cl)cc(N=Nc2c(S(=O)(=O)[O-])cc3cc(Nc4ccccc4)ccc3c2O)c1O.[Na+]. The number of fused-ring (bicyclic) bond motifs is 1. The van der Waals surface area contributed by atoms with E-state index in [2.05, 4.69) is 15.5 Å². The molecule has 36 heavy (non-hydrogen) atoms. The predicted molar refractivity (Wildman–Crippen MR) is 127 cm³/mol. The molecule has 0 aromatic heterocycles. The fourth-order valence-corrected chi connectivity index (χ4v) is 4.15. The number of phenols is 2. The van der Waals surface area contributed by atoms with Crippen LogP contribution < -0.4 is 34.9 Å². The van der Waals surface area contributed by atoms with Crippen LogP contribution in [0, 0.1) is 10.1 Å². The molecule has 0 radical (unpaired) electrons. The van der Waals surface area contributed by atoms with Crippen molar-refractivity contribution >= 4 is 60.9 Å². The maximum absolute atomic E-state index is 12.0. The van der Waals surface area contributed by atoms with Gasteiger partial charge in [-0.15, -0.1) is 10.2 Å². The third-order valence-electron chi connectivity index (χ3n) is 4.87. The van der Waals surface area contributed by atoms with Crippen molar-refractivity contribution in [2.75, 3.05) is 5.32 Å². The molecular formula is C22H14ClN4NaO7S. The summed E-state index contributed by atoms with van der Waals surface area (Å²) in [4.78, 5) is 9.30. The number of nitro benzene ring substituents is 1. The van der Waals surface area contributed by atoms with E-state index in [0.717, 1.165) is 23.9 Å². The van der Waals surface area contributed by atoms with Crippen molar-refractivity contribution in [1.29, 1.82) is 0 Å². The Balaban J connectivity index is 0.00000361. The Hall–Kier alpha value is -3.26. The summed E-state index contributed by atoms with van der Waals surface area (Å²) in [6.07, 6.45) is 0. The Bertz CT molecular complexity index is 1620. The van der Waals surface area contributed by atoms with E-state index in [1.807, 2.05) is 30.3 Å². The van der Waals surface area contributed by atoms with E-state index in [1.54, 1.807) is 6.07 Å². The minimum atomic E-state index is -5.14. The normalized spacial score (nSPS) is 11.4. The first-order valence-corrected chi connectivity index (χ1v) is 11.5. The van der Waals surface area contributed by atoms with Crippen molar-refractivity contribution in [3.8, 4) is 11.5 Å². The average molecular weight is 537 g/mol. The number of rotatable bonds is 6. The van der Waals surface area contributed by atoms with Crippen molar-refractivity contribution in [2.24, 2.45) is 10.2 Å². The van der Waals surface area contributed by atoms with Crippen molar-refractivity contribution in [3.63, 3.8) is 0 Å². The topological polar surface area (TPSA) is 178 Å². The number of para-hydroxylation sites is 1. The second kappa shape index (κ2) is 10.8. The van der Waals surface area contributed by atoms with Crippen LogP contribution in [0.1, 0.15) is 0 Å². The Morgan fingerprint density at radius 2 is 1.61 bits per heavy atom. The number of aromatic hydroxyl groups is 2. The molecule has 0 amide bonds. The van der Waals surface area contributed by atoms with Gasteiger partial charge in [0.05, 0.1) is 9.82 Å². The second-order valence-corrected chi connectivity index (χ2v) is 8.99. The Morgan fingerprint density at radius 3 is 2.25 bits per heavy atom. The number of anilines is 2. The van der Waals surface area contributed by atoms with Gasteiger partial charge in [0.25, 0.3) is 0 Å². The van der Waals surface area contributed by atoms with Crippen molar-refractivity contribution < 1.29 is 57.7 Å². The van der Waals surface area contributed by atoms with Crippen LogP contribution in [0.25, 0.3) is 10.8 Å². The van der Waals surface area contributed by atoms with Gasteiger partial charge in [-0.25, -0.2) is 8.42 Å². The van der Waals surface area contributed by atoms with Crippen LogP contribution >= 0.6 is 11.6 Å². The fourth-order valence-electron chi connectivity index (χ4n) is 3.29. The standard InChI is InChI=1S/C22H15ClN4O7S.Na/c23-13-10-17(22(29)18(11-13)27(30)31)25-26-20-19(35(32,33)34)9-12-8-15(6-7-16(12)21(20)28)24-14-4-2-1-3-5-14;/h1-11,24,28-29H,(H,32,33,34);/q;+1/p-1. The third kappa shape index (κ3) is 5.75. The number of benzene rings is 4. The largest absolute Gasteiger partial charge is 1.00 e. The van der Waals surface area contributed by atoms with Crippen LogP contribution in [0.4, 0.5) is 28.4 Å². The number of phenolic OH excluding ortho intramolecular Hbond substituents is 2. The number of azo groups is 1. The van der Waals surface area contributed by atoms with E-state index >= 15 is 0 Å². The molecule has 0 saturated heterocycles. The van der Waals surface area contributed by atoms with Crippen LogP contribution in [0.15, 0.2) is 81.9 Å². The van der Waals surface area contributed by atoms with E-state index in [4.69, 9.17) is 11.6 Å². The molecule has 4 aromatic rings. The summed E-state index contributed by atoms with van der Waals surface area (Å²) in [6.45, 7) is 0. The summed E-state index contributed by atoms with van der Waals surface area (Å²) in [6, 6.07) is 16.7. The van der Waals surface area contributed by atoms with Gasteiger partial charge in [-0.3, -0.25) is 10.1 Å². The number of nitrogens with one attached hydrogen (secondary N) is 1. The van der Waals surface area contributed by atoms with Gasteiger partial charge in [-0.2, -0.15) is 0 Å². The molecule has 0 aliphatic rings. The van der Waals surface area contributed by atoms with Crippen LogP contribution in [-0.4, -0.2) is 28.1 Å². The number of halogens is 1. The Morgan fingerprint density at radius 1 is 0.917 bits per heavy atom. The minimum Gasteiger partial charge on any atom is -0.744 e. The fraction of sp³-hybridized carbons (Fsp3) is 0. The number of nitro groups is 1. The molecule has 0 atom stereocenters. The zero-order valence-electron chi connectivity index (χ0n) is 18.4. The molecule has 0 heterocycles. The monoisotopic (exact) mass is 536 g/mol. The molecule has 0 saturated carbocycles. The molecule has 0 aliphatic heterocycles. The summed E-state index contributed by atoms with van der Waals surface area (Å²) in [5.41, 5.74) is -0.612. The van der Waals surface area contributed by atoms with E-state index in [1.165, 1.54) is 12.1 Å². The van der Waals surface area contributed by atoms with Crippen LogP contribution in [0.2, 0.25) is 5.02 Å². The molecule has 14 heteroatoms. The van der Waals surface area contributed by atoms with Gasteiger partial charge in [0.2, 0.25) is 5.75 Å². The van der Waals surface area contributed by atoms with Crippen LogP contribution in [0.5, 0.6) is 11.5 Å². The molecule has 0 aliphatic carbocycles. The smallest absolute Gasteiger partial charge is 0.744 e. The van der Waals surface area contributed by atoms with Gasteiger partial charge in [-0.1, -0.05) is 29.8 Å². The number of hydrogen-bond donors (Lipinski definition) is 3. The first kappa shape index (κ1) is 27.3. The van der Waals surface area contributed by atoms with Crippen molar-refractivity contribution in [3.05, 3.63) is 81.9 Å². The minimum absolute atomic E-state index is 0. The zero-order valence-corrected chi connectivity index (χ0v) is 22.0. The Kier molecular flexibility index (Phi) is 8.19. The summed E-state index contributed by atoms with van der Waals surface area (Å²) >= 11 is 5.82. The quantitative estimate of drug-likeness (QED) is 0.111. The van der Waals surface area contributed by atoms with E-state index in [9.17, 15) is 33.3 Å². The molecule has 4 rings (SSSR count). The predicted octanol–water partition coefficient (Wildman–Crippen LogP) is 2.88. The third-order valence-corrected chi connectivity index (χ3v) is 5.94. The van der Waals surface area contributed by atoms with Gasteiger partial charge in [0.15, 0.2) is 5.75 Å². The van der Waals surface area contributed by atoms with Gasteiger partial charge in [0, 0.05) is 27.8 Å². The molecular weight excluding hydrogens is 523 g/mol. The molecule has 3 N–H and O–H groups in total. The summed E-state index contributed by atoms with van der Waals surface area (Å²) < 4.78 is 35.9. The maximum Gasteiger partial charge on any atom is 1.00 e. The molecule has 4 aromatic carbocycles. The van der Waals surface area contributed by atoms with Gasteiger partial charge in [0.1, 0.15) is 21.5 Å². The van der Waals surface area contributed by atoms with E-state index in [0.29, 0.717) is 5.69 Å². The second-order valence-electron chi connectivity index (χ2n) is 7.20. The number of nitrogens with zero attached hydrogens (tertiary/aromatic N) is 3. The number of hydrogen-bond acceptors (Lipinski definition) is 10. The summed E-state index contributed by atoms with van der Waals surface area (Å²) in [5, 5.41) is 42.5. The molecule has 11 nitrogen and oxygen atoms in total. The molecule has 0 spiro atoms. The molecule has 0 unspecified atom stereocenters. The molecule has 178 valence electrons. The summed E-state index contributed by atoms with van der Waals surface area (Å²) in [7, 11) is -5.14. The van der Waals surface area contributed by atoms with Crippen molar-refractivity contribution in [1.82, 2.24) is 0 Å². The van der Waals surface area contributed by atoms with Crippen LogP contribution in [0.3, 0.4) is 0 Å². The average Bonchev–Trinajstić information content (AvgIpc) is 2.80. The van der Waals surface area contributed by atoms with Gasteiger partial charge >= 0.3 is 35.2 Å². The first-order chi connectivity index (χ1) is 16.5. The van der Waals surface area contributed by atoms with Crippen LogP contribution in [-0.2, 0) is 10.1 Å². The maximum atomic E-state index is 12.0. The van der Waals surface area contributed by atoms with Gasteiger partial charge < -0.3 is 20.1 Å². The van der Waals surface area contributed by atoms with E-state index < -0.39 is 48.5 Å². The first-order valence-electron chi connectivity index (χ1n) is 9.71. The Labute approximate surface area is 231 Å². The van der Waals surface area contributed by atoms with Crippen molar-refractivity contribution in [2.45, 2.75) is 4.90 Å². The van der Waals surface area contributed by atoms with Gasteiger partial charge in [-0.05, 0) is 47.9 Å². The molecule has 0 fully saturated rings. The van der Waals surface area contributed by atoms with E-state index in [-0.39, 0.29) is 45.4 Å².